The Balaban J connectivity index is 0.760. The van der Waals surface area contributed by atoms with Gasteiger partial charge in [-0.05, 0) is 146 Å². The second-order valence-corrected chi connectivity index (χ2v) is 21.3. The molecule has 4 amide bonds. The molecular formula is C57H60N6O9S2. The summed E-state index contributed by atoms with van der Waals surface area (Å²) in [6, 6.07) is 31.6. The largest absolute Gasteiger partial charge is 0.508 e. The number of phenolic OH excluding ortho intramolecular Hbond substituents is 2. The van der Waals surface area contributed by atoms with Gasteiger partial charge in [0.05, 0.1) is 45.9 Å². The van der Waals surface area contributed by atoms with Gasteiger partial charge in [-0.3, -0.25) is 19.2 Å². The highest BCUT2D eigenvalue weighted by Gasteiger charge is 2.44. The Bertz CT molecular complexity index is 3130. The lowest BCUT2D eigenvalue weighted by Crippen LogP contribution is -2.57. The van der Waals surface area contributed by atoms with E-state index in [0.29, 0.717) is 48.7 Å². The molecule has 3 heterocycles. The van der Waals surface area contributed by atoms with Gasteiger partial charge in [-0.1, -0.05) is 51.1 Å². The van der Waals surface area contributed by atoms with Crippen LogP contribution >= 0.6 is 22.7 Å². The zero-order valence-electron chi connectivity index (χ0n) is 41.8. The Morgan fingerprint density at radius 2 is 1.57 bits per heavy atom. The van der Waals surface area contributed by atoms with Crippen molar-refractivity contribution < 1.29 is 44.0 Å². The zero-order valence-corrected chi connectivity index (χ0v) is 43.5. The van der Waals surface area contributed by atoms with E-state index in [9.17, 15) is 34.5 Å². The lowest BCUT2D eigenvalue weighted by Gasteiger charge is -2.35. The first kappa shape index (κ1) is 52.7. The summed E-state index contributed by atoms with van der Waals surface area (Å²) in [5.41, 5.74) is 8.52. The highest BCUT2D eigenvalue weighted by Crippen LogP contribution is 2.47. The van der Waals surface area contributed by atoms with E-state index >= 15 is 0 Å². The maximum Gasteiger partial charge on any atom is 0.271 e. The summed E-state index contributed by atoms with van der Waals surface area (Å²) in [5.74, 6) is 0.448. The van der Waals surface area contributed by atoms with Gasteiger partial charge in [0.1, 0.15) is 35.1 Å². The molecule has 1 saturated heterocycles. The predicted octanol–water partition coefficient (Wildman–Crippen LogP) is 10.3. The van der Waals surface area contributed by atoms with Crippen LogP contribution in [0, 0.1) is 12.3 Å². The number of fused-ring (bicyclic) bond motifs is 1. The average Bonchev–Trinajstić information content (AvgIpc) is 4.10. The molecular weight excluding hydrogens is 977 g/mol. The van der Waals surface area contributed by atoms with Crippen molar-refractivity contribution >= 4 is 62.6 Å². The molecule has 74 heavy (non-hydrogen) atoms. The Kier molecular flexibility index (Phi) is 16.8. The van der Waals surface area contributed by atoms with Gasteiger partial charge in [-0.15, -0.1) is 22.7 Å². The number of hydrogen-bond donors (Lipinski definition) is 6. The fraction of sp³-hybridized carbons (Fsp3) is 0.298. The van der Waals surface area contributed by atoms with Crippen molar-refractivity contribution in [3.8, 4) is 49.6 Å². The number of aryl methyl sites for hydroxylation is 1. The summed E-state index contributed by atoms with van der Waals surface area (Å²) in [6.07, 6.45) is 2.95. The summed E-state index contributed by atoms with van der Waals surface area (Å²) >= 11 is 3.02. The topological polar surface area (TPSA) is 212 Å². The number of carbonyl (C=O) groups excluding carboxylic acids is 4. The van der Waals surface area contributed by atoms with Crippen LogP contribution in [-0.4, -0.2) is 86.4 Å². The van der Waals surface area contributed by atoms with E-state index in [0.717, 1.165) is 47.8 Å². The number of rotatable bonds is 19. The molecule has 1 aliphatic rings. The lowest BCUT2D eigenvalue weighted by atomic mass is 9.85. The van der Waals surface area contributed by atoms with E-state index in [1.165, 1.54) is 22.5 Å². The molecule has 1 fully saturated rings. The van der Waals surface area contributed by atoms with Crippen LogP contribution in [0.3, 0.4) is 0 Å². The number of likely N-dealkylation sites (tertiary alicyclic amines) is 1. The fourth-order valence-electron chi connectivity index (χ4n) is 8.67. The molecule has 1 aliphatic heterocycles. The lowest BCUT2D eigenvalue weighted by molar-refractivity contribution is -0.144. The van der Waals surface area contributed by atoms with Gasteiger partial charge in [-0.2, -0.15) is 5.10 Å². The number of ether oxygens (including phenoxy) is 2. The molecule has 7 aromatic rings. The fourth-order valence-corrected chi connectivity index (χ4v) is 10.6. The third-order valence-electron chi connectivity index (χ3n) is 12.7. The van der Waals surface area contributed by atoms with Gasteiger partial charge in [-0.25, -0.2) is 10.4 Å². The van der Waals surface area contributed by atoms with E-state index in [1.807, 2.05) is 76.5 Å². The molecule has 0 radical (unpaired) electrons. The number of nitrogens with one attached hydrogen (secondary N) is 3. The van der Waals surface area contributed by atoms with Crippen molar-refractivity contribution in [2.24, 2.45) is 10.5 Å². The van der Waals surface area contributed by atoms with Crippen molar-refractivity contribution in [1.82, 2.24) is 25.9 Å². The first-order chi connectivity index (χ1) is 35.5. The average molecular weight is 1040 g/mol. The van der Waals surface area contributed by atoms with Crippen LogP contribution in [-0.2, 0) is 14.4 Å². The molecule has 4 atom stereocenters. The van der Waals surface area contributed by atoms with Gasteiger partial charge >= 0.3 is 0 Å². The number of unbranched alkanes of at least 4 members (excludes halogenated alkanes) is 2. The number of thiophene rings is 1. The van der Waals surface area contributed by atoms with Gasteiger partial charge < -0.3 is 40.3 Å². The second-order valence-electron chi connectivity index (χ2n) is 19.4. The van der Waals surface area contributed by atoms with Crippen LogP contribution in [0.4, 0.5) is 0 Å². The van der Waals surface area contributed by atoms with E-state index in [1.54, 1.807) is 90.2 Å². The van der Waals surface area contributed by atoms with E-state index in [4.69, 9.17) is 9.47 Å². The third kappa shape index (κ3) is 13.1. The van der Waals surface area contributed by atoms with Crippen molar-refractivity contribution in [2.75, 3.05) is 13.2 Å². The van der Waals surface area contributed by atoms with Crippen molar-refractivity contribution in [3.05, 3.63) is 143 Å². The molecule has 0 aliphatic carbocycles. The molecule has 8 rings (SSSR count). The Morgan fingerprint density at radius 1 is 0.851 bits per heavy atom. The standard InChI is InChI=1S/C57H60N6O9S2/c1-34(37-15-17-38(18-16-37)51-35(2)58-33-73-51)60-55(69)47-29-43(66)32-63(47)56(70)53(57(3,4)5)61-49(67)12-7-6-8-27-71-44-24-13-36(14-25-44)31-59-62-54(68)40-10-9-11-45(28-40)72-50-46-26-23-42(65)30-48(46)74-52(50)39-19-21-41(64)22-20-39/h9-11,13-26,28,30-31,33-34,43,47,53,64-66H,6-8,12,27,29,32H2,1-5H3,(H,60,69)(H,61,67)(H,62,68)/b59-31+/t34-,43+,47-,53+/m0/s1. The minimum atomic E-state index is -0.911. The predicted molar refractivity (Wildman–Crippen MR) is 289 cm³/mol. The number of amides is 4. The normalized spacial score (nSPS) is 15.5. The van der Waals surface area contributed by atoms with Crippen LogP contribution in [0.1, 0.15) is 93.0 Å². The van der Waals surface area contributed by atoms with Crippen LogP contribution in [0.5, 0.6) is 28.7 Å². The molecule has 0 spiro atoms. The van der Waals surface area contributed by atoms with E-state index in [2.05, 4.69) is 26.1 Å². The Labute approximate surface area is 437 Å². The highest BCUT2D eigenvalue weighted by atomic mass is 32.1. The number of benzene rings is 5. The highest BCUT2D eigenvalue weighted by molar-refractivity contribution is 7.22. The molecule has 2 aromatic heterocycles. The number of hydrazone groups is 1. The summed E-state index contributed by atoms with van der Waals surface area (Å²) in [4.78, 5) is 61.8. The maximum absolute atomic E-state index is 14.1. The minimum Gasteiger partial charge on any atom is -0.508 e. The van der Waals surface area contributed by atoms with Gasteiger partial charge in [0.15, 0.2) is 5.75 Å². The van der Waals surface area contributed by atoms with E-state index < -0.39 is 35.4 Å². The number of carbonyl (C=O) groups is 4. The quantitative estimate of drug-likeness (QED) is 0.0256. The number of hydrogen-bond acceptors (Lipinski definition) is 13. The number of aromatic nitrogens is 1. The zero-order chi connectivity index (χ0) is 52.5. The number of aromatic hydroxyl groups is 2. The molecule has 0 saturated carbocycles. The van der Waals surface area contributed by atoms with E-state index in [-0.39, 0.29) is 48.7 Å². The van der Waals surface area contributed by atoms with Crippen LogP contribution in [0.15, 0.2) is 126 Å². The molecule has 5 aromatic carbocycles. The Hall–Kier alpha value is -7.60. The van der Waals surface area contributed by atoms with Gasteiger partial charge in [0.2, 0.25) is 17.7 Å². The monoisotopic (exact) mass is 1040 g/mol. The molecule has 384 valence electrons. The second kappa shape index (κ2) is 23.5. The minimum absolute atomic E-state index is 0.00518. The van der Waals surface area contributed by atoms with Gasteiger partial charge in [0, 0.05) is 35.0 Å². The van der Waals surface area contributed by atoms with Crippen molar-refractivity contribution in [3.63, 3.8) is 0 Å². The van der Waals surface area contributed by atoms with Crippen molar-refractivity contribution in [1.29, 1.82) is 0 Å². The first-order valence-corrected chi connectivity index (χ1v) is 26.2. The number of β-amino-alcohol motifs (C(OH)–C–C–N with tert-alkyl or cyclic N) is 1. The number of aliphatic hydroxyl groups is 1. The van der Waals surface area contributed by atoms with Crippen LogP contribution in [0.2, 0.25) is 0 Å². The smallest absolute Gasteiger partial charge is 0.271 e. The van der Waals surface area contributed by atoms with Crippen LogP contribution < -0.4 is 25.5 Å². The molecule has 17 heteroatoms. The summed E-state index contributed by atoms with van der Waals surface area (Å²) < 4.78 is 13.1. The molecule has 6 N–H and O–H groups in total. The number of phenols is 2. The number of thiazole rings is 1. The third-order valence-corrected chi connectivity index (χ3v) is 14.9. The summed E-state index contributed by atoms with van der Waals surface area (Å²) in [6.45, 7) is 9.87. The molecule has 15 nitrogen and oxygen atoms in total. The Morgan fingerprint density at radius 3 is 2.28 bits per heavy atom. The molecule has 0 unspecified atom stereocenters. The van der Waals surface area contributed by atoms with Crippen LogP contribution in [0.25, 0.3) is 31.0 Å². The van der Waals surface area contributed by atoms with Crippen molar-refractivity contribution in [2.45, 2.75) is 91.0 Å². The van der Waals surface area contributed by atoms with Gasteiger partial charge in [0.25, 0.3) is 5.91 Å². The molecule has 0 bridgehead atoms. The number of nitrogens with zero attached hydrogens (tertiary/aromatic N) is 3. The SMILES string of the molecule is Cc1ncsc1-c1ccc([C@H](C)NC(=O)[C@@H]2C[C@@H](O)CN2C(=O)[C@@H](NC(=O)CCCCCOc2ccc(/C=N/NC(=O)c3cccc(Oc4c(-c5ccc(O)cc5)sc5cc(O)ccc45)c3)cc2)C(C)(C)C)cc1. The summed E-state index contributed by atoms with van der Waals surface area (Å²) in [5, 5.41) is 41.5. The number of aliphatic hydroxyl groups excluding tert-OH is 1. The maximum atomic E-state index is 14.1. The summed E-state index contributed by atoms with van der Waals surface area (Å²) in [7, 11) is 0. The first-order valence-electron chi connectivity index (χ1n) is 24.5.